The first-order valence-corrected chi connectivity index (χ1v) is 6.91. The van der Waals surface area contributed by atoms with Crippen LogP contribution in [0.5, 0.6) is 0 Å². The molecule has 0 amide bonds. The van der Waals surface area contributed by atoms with Crippen LogP contribution < -0.4 is 5.32 Å². The van der Waals surface area contributed by atoms with Crippen molar-refractivity contribution in [3.8, 4) is 0 Å². The zero-order chi connectivity index (χ0) is 11.0. The largest absolute Gasteiger partial charge is 0.380 e. The van der Waals surface area contributed by atoms with Crippen LogP contribution in [0.2, 0.25) is 0 Å². The Balaban J connectivity index is 1.61. The molecule has 2 saturated heterocycles. The number of hydrogen-bond donors (Lipinski definition) is 1. The van der Waals surface area contributed by atoms with Crippen LogP contribution in [0.4, 0.5) is 0 Å². The third kappa shape index (κ3) is 2.27. The molecule has 0 aromatic rings. The van der Waals surface area contributed by atoms with Crippen LogP contribution in [0, 0.1) is 5.92 Å². The summed E-state index contributed by atoms with van der Waals surface area (Å²) in [4.78, 5) is 2.71. The molecule has 1 aliphatic carbocycles. The van der Waals surface area contributed by atoms with Crippen LogP contribution in [-0.2, 0) is 4.74 Å². The molecule has 3 aliphatic rings. The SMILES string of the molecule is CC1CNC(C2CC2)CN1C1CCCOC1. The lowest BCUT2D eigenvalue weighted by molar-refractivity contribution is -0.0131. The Morgan fingerprint density at radius 2 is 2.12 bits per heavy atom. The van der Waals surface area contributed by atoms with E-state index in [1.165, 1.54) is 32.2 Å². The molecule has 0 bridgehead atoms. The smallest absolute Gasteiger partial charge is 0.0621 e. The van der Waals surface area contributed by atoms with E-state index in [2.05, 4.69) is 17.1 Å². The minimum atomic E-state index is 0.682. The van der Waals surface area contributed by atoms with E-state index in [4.69, 9.17) is 4.74 Å². The average Bonchev–Trinajstić information content (AvgIpc) is 3.15. The molecule has 1 saturated carbocycles. The van der Waals surface area contributed by atoms with Crippen LogP contribution >= 0.6 is 0 Å². The van der Waals surface area contributed by atoms with Crippen molar-refractivity contribution in [3.05, 3.63) is 0 Å². The molecule has 3 atom stereocenters. The van der Waals surface area contributed by atoms with Crippen molar-refractivity contribution in [2.24, 2.45) is 5.92 Å². The average molecular weight is 224 g/mol. The number of nitrogens with one attached hydrogen (secondary N) is 1. The quantitative estimate of drug-likeness (QED) is 0.764. The fourth-order valence-corrected chi connectivity index (χ4v) is 3.22. The molecule has 0 radical (unpaired) electrons. The van der Waals surface area contributed by atoms with E-state index in [9.17, 15) is 0 Å². The van der Waals surface area contributed by atoms with Gasteiger partial charge in [-0.25, -0.2) is 0 Å². The van der Waals surface area contributed by atoms with Crippen LogP contribution in [0.15, 0.2) is 0 Å². The van der Waals surface area contributed by atoms with Gasteiger partial charge in [-0.15, -0.1) is 0 Å². The van der Waals surface area contributed by atoms with Crippen molar-refractivity contribution in [1.29, 1.82) is 0 Å². The van der Waals surface area contributed by atoms with Crippen LogP contribution in [0.25, 0.3) is 0 Å². The molecule has 1 N–H and O–H groups in total. The molecule has 92 valence electrons. The van der Waals surface area contributed by atoms with Gasteiger partial charge in [0.15, 0.2) is 0 Å². The van der Waals surface area contributed by atoms with Crippen molar-refractivity contribution < 1.29 is 4.74 Å². The molecular formula is C13H24N2O. The molecular weight excluding hydrogens is 200 g/mol. The van der Waals surface area contributed by atoms with E-state index >= 15 is 0 Å². The second-order valence-corrected chi connectivity index (χ2v) is 5.77. The Kier molecular flexibility index (Phi) is 3.18. The van der Waals surface area contributed by atoms with Crippen molar-refractivity contribution in [2.75, 3.05) is 26.3 Å². The zero-order valence-electron chi connectivity index (χ0n) is 10.3. The minimum Gasteiger partial charge on any atom is -0.380 e. The number of ether oxygens (including phenoxy) is 1. The van der Waals surface area contributed by atoms with Crippen molar-refractivity contribution in [1.82, 2.24) is 10.2 Å². The van der Waals surface area contributed by atoms with Gasteiger partial charge >= 0.3 is 0 Å². The Bertz CT molecular complexity index is 236. The Morgan fingerprint density at radius 1 is 1.25 bits per heavy atom. The fourth-order valence-electron chi connectivity index (χ4n) is 3.22. The molecule has 3 rings (SSSR count). The number of nitrogens with zero attached hydrogens (tertiary/aromatic N) is 1. The van der Waals surface area contributed by atoms with Crippen LogP contribution in [-0.4, -0.2) is 49.3 Å². The summed E-state index contributed by atoms with van der Waals surface area (Å²) in [5.74, 6) is 0.972. The summed E-state index contributed by atoms with van der Waals surface area (Å²) in [6.45, 7) is 6.70. The Morgan fingerprint density at radius 3 is 2.81 bits per heavy atom. The molecule has 2 aliphatic heterocycles. The predicted octanol–water partition coefficient (Wildman–Crippen LogP) is 1.24. The first-order chi connectivity index (χ1) is 7.84. The van der Waals surface area contributed by atoms with Gasteiger partial charge in [-0.1, -0.05) is 0 Å². The highest BCUT2D eigenvalue weighted by Crippen LogP contribution is 2.35. The van der Waals surface area contributed by atoms with Gasteiger partial charge in [0.1, 0.15) is 0 Å². The highest BCUT2D eigenvalue weighted by molar-refractivity contribution is 4.95. The summed E-state index contributed by atoms with van der Waals surface area (Å²) in [6, 6.07) is 2.13. The van der Waals surface area contributed by atoms with E-state index < -0.39 is 0 Å². The predicted molar refractivity (Wildman–Crippen MR) is 64.5 cm³/mol. The van der Waals surface area contributed by atoms with Gasteiger partial charge in [0.2, 0.25) is 0 Å². The highest BCUT2D eigenvalue weighted by atomic mass is 16.5. The lowest BCUT2D eigenvalue weighted by Crippen LogP contribution is -2.60. The van der Waals surface area contributed by atoms with Crippen molar-refractivity contribution in [2.45, 2.75) is 50.7 Å². The zero-order valence-corrected chi connectivity index (χ0v) is 10.3. The molecule has 0 spiro atoms. The van der Waals surface area contributed by atoms with E-state index in [1.807, 2.05) is 0 Å². The Hall–Kier alpha value is -0.120. The first-order valence-electron chi connectivity index (χ1n) is 6.91. The first kappa shape index (κ1) is 11.0. The summed E-state index contributed by atoms with van der Waals surface area (Å²) >= 11 is 0. The monoisotopic (exact) mass is 224 g/mol. The molecule has 3 unspecified atom stereocenters. The maximum absolute atomic E-state index is 5.63. The summed E-state index contributed by atoms with van der Waals surface area (Å²) < 4.78 is 5.63. The van der Waals surface area contributed by atoms with Crippen LogP contribution in [0.3, 0.4) is 0 Å². The number of rotatable bonds is 2. The van der Waals surface area contributed by atoms with Gasteiger partial charge in [-0.05, 0) is 38.5 Å². The molecule has 16 heavy (non-hydrogen) atoms. The minimum absolute atomic E-state index is 0.682. The molecule has 0 aromatic carbocycles. The summed E-state index contributed by atoms with van der Waals surface area (Å²) in [5.41, 5.74) is 0. The lowest BCUT2D eigenvalue weighted by atomic mass is 10.0. The molecule has 2 heterocycles. The second kappa shape index (κ2) is 4.63. The van der Waals surface area contributed by atoms with Gasteiger partial charge in [0, 0.05) is 37.8 Å². The molecule has 3 heteroatoms. The third-order valence-electron chi connectivity index (χ3n) is 4.45. The second-order valence-electron chi connectivity index (χ2n) is 5.77. The Labute approximate surface area is 98.5 Å². The van der Waals surface area contributed by atoms with Gasteiger partial charge < -0.3 is 10.1 Å². The maximum Gasteiger partial charge on any atom is 0.0621 e. The maximum atomic E-state index is 5.63. The van der Waals surface area contributed by atoms with E-state index in [0.717, 1.165) is 31.7 Å². The third-order valence-corrected chi connectivity index (χ3v) is 4.45. The van der Waals surface area contributed by atoms with Crippen molar-refractivity contribution in [3.63, 3.8) is 0 Å². The van der Waals surface area contributed by atoms with E-state index in [1.54, 1.807) is 0 Å². The lowest BCUT2D eigenvalue weighted by Gasteiger charge is -2.44. The topological polar surface area (TPSA) is 24.5 Å². The molecule has 3 nitrogen and oxygen atoms in total. The standard InChI is InChI=1S/C13H24N2O/c1-10-7-14-13(11-4-5-11)8-15(10)12-3-2-6-16-9-12/h10-14H,2-9H2,1H3. The van der Waals surface area contributed by atoms with Crippen LogP contribution in [0.1, 0.15) is 32.6 Å². The summed E-state index contributed by atoms with van der Waals surface area (Å²) in [7, 11) is 0. The number of hydrogen-bond acceptors (Lipinski definition) is 3. The van der Waals surface area contributed by atoms with Gasteiger partial charge in [-0.2, -0.15) is 0 Å². The van der Waals surface area contributed by atoms with E-state index in [0.29, 0.717) is 12.1 Å². The van der Waals surface area contributed by atoms with Gasteiger partial charge in [0.25, 0.3) is 0 Å². The number of piperazine rings is 1. The van der Waals surface area contributed by atoms with E-state index in [-0.39, 0.29) is 0 Å². The van der Waals surface area contributed by atoms with Gasteiger partial charge in [0.05, 0.1) is 6.61 Å². The van der Waals surface area contributed by atoms with Gasteiger partial charge in [-0.3, -0.25) is 4.90 Å². The fraction of sp³-hybridized carbons (Fsp3) is 1.00. The summed E-state index contributed by atoms with van der Waals surface area (Å²) in [6.07, 6.45) is 5.47. The molecule has 0 aromatic heterocycles. The molecule has 3 fully saturated rings. The van der Waals surface area contributed by atoms with Crippen molar-refractivity contribution >= 4 is 0 Å². The highest BCUT2D eigenvalue weighted by Gasteiger charge is 2.38. The normalized spacial score (nSPS) is 42.2. The summed E-state index contributed by atoms with van der Waals surface area (Å²) in [5, 5.41) is 3.72.